The van der Waals surface area contributed by atoms with Gasteiger partial charge in [-0.1, -0.05) is 0 Å². The summed E-state index contributed by atoms with van der Waals surface area (Å²) in [5, 5.41) is 0. The van der Waals surface area contributed by atoms with E-state index in [1.54, 1.807) is 6.92 Å². The Morgan fingerprint density at radius 3 is 2.68 bits per heavy atom. The van der Waals surface area contributed by atoms with Crippen molar-refractivity contribution < 1.29 is 23.0 Å². The van der Waals surface area contributed by atoms with Crippen molar-refractivity contribution in [1.82, 2.24) is 4.98 Å². The van der Waals surface area contributed by atoms with Crippen LogP contribution in [0, 0.1) is 0 Å². The van der Waals surface area contributed by atoms with Crippen molar-refractivity contribution in [3.05, 3.63) is 22.9 Å². The van der Waals surface area contributed by atoms with E-state index in [0.717, 1.165) is 6.07 Å². The molecule has 1 rings (SSSR count). The third-order valence-electron chi connectivity index (χ3n) is 2.46. The standard InChI is InChI=1S/C12H16F2N2O3/c1-3-19-10(17)5-7-4-9(11(13)14)16-12(18-2)8(7)6-15/h4,11H,3,5-6,15H2,1-2H3. The molecule has 2 N–H and O–H groups in total. The van der Waals surface area contributed by atoms with E-state index < -0.39 is 18.1 Å². The number of nitrogens with zero attached hydrogens (tertiary/aromatic N) is 1. The van der Waals surface area contributed by atoms with Gasteiger partial charge in [0.2, 0.25) is 5.88 Å². The topological polar surface area (TPSA) is 74.4 Å². The van der Waals surface area contributed by atoms with Crippen LogP contribution in [0.1, 0.15) is 30.2 Å². The summed E-state index contributed by atoms with van der Waals surface area (Å²) >= 11 is 0. The third kappa shape index (κ3) is 3.85. The number of halogens is 2. The summed E-state index contributed by atoms with van der Waals surface area (Å²) in [5.41, 5.74) is 5.87. The van der Waals surface area contributed by atoms with Gasteiger partial charge in [-0.25, -0.2) is 13.8 Å². The van der Waals surface area contributed by atoms with Crippen LogP contribution < -0.4 is 10.5 Å². The summed E-state index contributed by atoms with van der Waals surface area (Å²) in [6, 6.07) is 1.16. The number of methoxy groups -OCH3 is 1. The summed E-state index contributed by atoms with van der Waals surface area (Å²) in [7, 11) is 1.31. The molecule has 0 saturated heterocycles. The predicted molar refractivity (Wildman–Crippen MR) is 64.0 cm³/mol. The highest BCUT2D eigenvalue weighted by Crippen LogP contribution is 2.26. The van der Waals surface area contributed by atoms with Gasteiger partial charge in [0.1, 0.15) is 5.69 Å². The van der Waals surface area contributed by atoms with E-state index in [-0.39, 0.29) is 25.5 Å². The fourth-order valence-electron chi connectivity index (χ4n) is 1.64. The van der Waals surface area contributed by atoms with E-state index >= 15 is 0 Å². The molecule has 0 bridgehead atoms. The van der Waals surface area contributed by atoms with Gasteiger partial charge in [-0.15, -0.1) is 0 Å². The summed E-state index contributed by atoms with van der Waals surface area (Å²) in [4.78, 5) is 15.1. The van der Waals surface area contributed by atoms with Gasteiger partial charge in [0.25, 0.3) is 6.43 Å². The van der Waals surface area contributed by atoms with Gasteiger partial charge >= 0.3 is 5.97 Å². The van der Waals surface area contributed by atoms with E-state index in [9.17, 15) is 13.6 Å². The molecule has 19 heavy (non-hydrogen) atoms. The number of hydrogen-bond donors (Lipinski definition) is 1. The minimum Gasteiger partial charge on any atom is -0.481 e. The Balaban J connectivity index is 3.18. The minimum absolute atomic E-state index is 0.0135. The van der Waals surface area contributed by atoms with Crippen LogP contribution in [0.2, 0.25) is 0 Å². The molecule has 1 heterocycles. The first-order chi connectivity index (χ1) is 9.03. The van der Waals surface area contributed by atoms with Crippen molar-refractivity contribution in [3.8, 4) is 5.88 Å². The number of pyridine rings is 1. The lowest BCUT2D eigenvalue weighted by Crippen LogP contribution is -2.14. The normalized spacial score (nSPS) is 10.6. The van der Waals surface area contributed by atoms with Gasteiger partial charge in [0.15, 0.2) is 0 Å². The first-order valence-corrected chi connectivity index (χ1v) is 5.73. The van der Waals surface area contributed by atoms with Crippen molar-refractivity contribution in [2.45, 2.75) is 26.3 Å². The number of carbonyl (C=O) groups excluding carboxylic acids is 1. The molecule has 5 nitrogen and oxygen atoms in total. The van der Waals surface area contributed by atoms with Crippen molar-refractivity contribution in [2.75, 3.05) is 13.7 Å². The van der Waals surface area contributed by atoms with Crippen LogP contribution in [0.5, 0.6) is 5.88 Å². The molecule has 1 aromatic rings. The monoisotopic (exact) mass is 274 g/mol. The second-order valence-corrected chi connectivity index (χ2v) is 3.68. The molecule has 106 valence electrons. The molecule has 0 saturated carbocycles. The van der Waals surface area contributed by atoms with Gasteiger partial charge in [0, 0.05) is 12.1 Å². The quantitative estimate of drug-likeness (QED) is 0.797. The molecule has 7 heteroatoms. The molecule has 0 aliphatic rings. The highest BCUT2D eigenvalue weighted by atomic mass is 19.3. The van der Waals surface area contributed by atoms with Crippen LogP contribution in [0.4, 0.5) is 8.78 Å². The lowest BCUT2D eigenvalue weighted by atomic mass is 10.1. The van der Waals surface area contributed by atoms with Crippen LogP contribution in [-0.4, -0.2) is 24.7 Å². The average Bonchev–Trinajstić information content (AvgIpc) is 2.37. The summed E-state index contributed by atoms with van der Waals surface area (Å²) < 4.78 is 35.2. The summed E-state index contributed by atoms with van der Waals surface area (Å²) in [6.45, 7) is 1.93. The number of carbonyl (C=O) groups is 1. The molecule has 0 aromatic carbocycles. The first kappa shape index (κ1) is 15.3. The number of nitrogens with two attached hydrogens (primary N) is 1. The molecule has 0 aliphatic heterocycles. The lowest BCUT2D eigenvalue weighted by Gasteiger charge is -2.13. The van der Waals surface area contributed by atoms with Crippen LogP contribution in [-0.2, 0) is 22.5 Å². The maximum absolute atomic E-state index is 12.7. The molecule has 0 spiro atoms. The average molecular weight is 274 g/mol. The fourth-order valence-corrected chi connectivity index (χ4v) is 1.64. The van der Waals surface area contributed by atoms with Gasteiger partial charge in [0.05, 0.1) is 20.1 Å². The molecule has 0 radical (unpaired) electrons. The Kier molecular flexibility index (Phi) is 5.62. The molecule has 0 amide bonds. The molecule has 1 aromatic heterocycles. The minimum atomic E-state index is -2.75. The molecular weight excluding hydrogens is 258 g/mol. The van der Waals surface area contributed by atoms with E-state index in [1.165, 1.54) is 7.11 Å². The maximum Gasteiger partial charge on any atom is 0.310 e. The van der Waals surface area contributed by atoms with Gasteiger partial charge < -0.3 is 15.2 Å². The van der Waals surface area contributed by atoms with E-state index in [4.69, 9.17) is 15.2 Å². The number of rotatable bonds is 6. The first-order valence-electron chi connectivity index (χ1n) is 5.73. The Bertz CT molecular complexity index is 453. The van der Waals surface area contributed by atoms with Crippen LogP contribution in [0.3, 0.4) is 0 Å². The van der Waals surface area contributed by atoms with E-state index in [0.29, 0.717) is 11.1 Å². The Hall–Kier alpha value is -1.76. The number of hydrogen-bond acceptors (Lipinski definition) is 5. The fraction of sp³-hybridized carbons (Fsp3) is 0.500. The van der Waals surface area contributed by atoms with E-state index in [2.05, 4.69) is 4.98 Å². The summed E-state index contributed by atoms with van der Waals surface area (Å²) in [5.74, 6) is -0.495. The maximum atomic E-state index is 12.7. The molecule has 0 fully saturated rings. The zero-order valence-electron chi connectivity index (χ0n) is 10.8. The van der Waals surface area contributed by atoms with E-state index in [1.807, 2.05) is 0 Å². The Labute approximate surface area is 109 Å². The summed E-state index contributed by atoms with van der Waals surface area (Å²) in [6.07, 6.45) is -2.89. The molecule has 0 atom stereocenters. The number of aromatic nitrogens is 1. The van der Waals surface area contributed by atoms with Crippen molar-refractivity contribution in [2.24, 2.45) is 5.73 Å². The number of alkyl halides is 2. The highest BCUT2D eigenvalue weighted by Gasteiger charge is 2.19. The van der Waals surface area contributed by atoms with Gasteiger partial charge in [-0.2, -0.15) is 0 Å². The zero-order chi connectivity index (χ0) is 14.4. The zero-order valence-corrected chi connectivity index (χ0v) is 10.8. The third-order valence-corrected chi connectivity index (χ3v) is 2.46. The largest absolute Gasteiger partial charge is 0.481 e. The van der Waals surface area contributed by atoms with Crippen LogP contribution >= 0.6 is 0 Å². The van der Waals surface area contributed by atoms with Crippen molar-refractivity contribution in [1.29, 1.82) is 0 Å². The highest BCUT2D eigenvalue weighted by molar-refractivity contribution is 5.73. The lowest BCUT2D eigenvalue weighted by molar-refractivity contribution is -0.142. The van der Waals surface area contributed by atoms with Crippen LogP contribution in [0.15, 0.2) is 6.07 Å². The SMILES string of the molecule is CCOC(=O)Cc1cc(C(F)F)nc(OC)c1CN. The van der Waals surface area contributed by atoms with Gasteiger partial charge in [-0.05, 0) is 18.6 Å². The second-order valence-electron chi connectivity index (χ2n) is 3.68. The van der Waals surface area contributed by atoms with Crippen LogP contribution in [0.25, 0.3) is 0 Å². The smallest absolute Gasteiger partial charge is 0.310 e. The Morgan fingerprint density at radius 1 is 1.53 bits per heavy atom. The van der Waals surface area contributed by atoms with Crippen molar-refractivity contribution in [3.63, 3.8) is 0 Å². The predicted octanol–water partition coefficient (Wildman–Crippen LogP) is 1.59. The van der Waals surface area contributed by atoms with Crippen molar-refractivity contribution >= 4 is 5.97 Å². The molecule has 0 aliphatic carbocycles. The molecular formula is C12H16F2N2O3. The second kappa shape index (κ2) is 6.98. The van der Waals surface area contributed by atoms with Gasteiger partial charge in [-0.3, -0.25) is 4.79 Å². The number of esters is 1. The number of ether oxygens (including phenoxy) is 2. The molecule has 0 unspecified atom stereocenters. The Morgan fingerprint density at radius 2 is 2.21 bits per heavy atom.